The van der Waals surface area contributed by atoms with Gasteiger partial charge in [0.25, 0.3) is 0 Å². The van der Waals surface area contributed by atoms with Gasteiger partial charge in [0.05, 0.1) is 5.56 Å². The van der Waals surface area contributed by atoms with E-state index in [9.17, 15) is 18.0 Å². The van der Waals surface area contributed by atoms with Crippen LogP contribution >= 0.6 is 11.3 Å². The van der Waals surface area contributed by atoms with E-state index < -0.39 is 17.5 Å². The number of alkyl halides is 3. The van der Waals surface area contributed by atoms with Crippen molar-refractivity contribution >= 4 is 17.1 Å². The van der Waals surface area contributed by atoms with Crippen LogP contribution in [-0.4, -0.2) is 5.78 Å². The minimum Gasteiger partial charge on any atom is -0.294 e. The average Bonchev–Trinajstić information content (AvgIpc) is 2.49. The number of rotatable bonds is 2. The Hall–Kier alpha value is -0.840. The molecule has 0 radical (unpaired) electrons. The number of halogens is 3. The molecule has 1 aromatic rings. The van der Waals surface area contributed by atoms with Crippen molar-refractivity contribution in [2.45, 2.75) is 19.5 Å². The Bertz CT molecular complexity index is 313. The van der Waals surface area contributed by atoms with Gasteiger partial charge in [0.15, 0.2) is 5.78 Å². The third kappa shape index (κ3) is 2.09. The van der Waals surface area contributed by atoms with Crippen molar-refractivity contribution < 1.29 is 18.0 Å². The summed E-state index contributed by atoms with van der Waals surface area (Å²) in [6.07, 6.45) is -4.32. The summed E-state index contributed by atoms with van der Waals surface area (Å²) < 4.78 is 36.7. The van der Waals surface area contributed by atoms with Crippen molar-refractivity contribution in [3.8, 4) is 0 Å². The molecule has 0 fully saturated rings. The molecule has 0 saturated carbocycles. The zero-order valence-corrected chi connectivity index (χ0v) is 7.63. The first kappa shape index (κ1) is 10.2. The molecule has 72 valence electrons. The first-order valence-corrected chi connectivity index (χ1v) is 4.57. The number of Topliss-reactive ketones (excluding diaryl/α,β-unsaturated/α-hetero) is 1. The molecular weight excluding hydrogens is 201 g/mol. The topological polar surface area (TPSA) is 17.1 Å². The van der Waals surface area contributed by atoms with Gasteiger partial charge in [0.2, 0.25) is 0 Å². The highest BCUT2D eigenvalue weighted by atomic mass is 32.1. The van der Waals surface area contributed by atoms with Gasteiger partial charge >= 0.3 is 6.18 Å². The highest BCUT2D eigenvalue weighted by molar-refractivity contribution is 7.08. The Balaban J connectivity index is 3.10. The van der Waals surface area contributed by atoms with Gasteiger partial charge in [0.1, 0.15) is 0 Å². The summed E-state index contributed by atoms with van der Waals surface area (Å²) in [6.45, 7) is 1.54. The van der Waals surface area contributed by atoms with Crippen LogP contribution in [-0.2, 0) is 6.18 Å². The molecule has 0 aromatic carbocycles. The summed E-state index contributed by atoms with van der Waals surface area (Å²) in [5.74, 6) is -0.464. The van der Waals surface area contributed by atoms with Gasteiger partial charge in [-0.25, -0.2) is 0 Å². The monoisotopic (exact) mass is 208 g/mol. The molecule has 0 spiro atoms. The van der Waals surface area contributed by atoms with Crippen molar-refractivity contribution in [1.29, 1.82) is 0 Å². The number of thiophene rings is 1. The van der Waals surface area contributed by atoms with Crippen LogP contribution in [0.15, 0.2) is 10.8 Å². The second-order valence-corrected chi connectivity index (χ2v) is 3.22. The fourth-order valence-corrected chi connectivity index (χ4v) is 1.78. The third-order valence-corrected chi connectivity index (χ3v) is 2.33. The maximum Gasteiger partial charge on any atom is 0.417 e. The number of carbonyl (C=O) groups excluding carboxylic acids is 1. The second-order valence-electron chi connectivity index (χ2n) is 2.47. The first-order valence-electron chi connectivity index (χ1n) is 3.63. The Morgan fingerprint density at radius 1 is 1.46 bits per heavy atom. The molecule has 1 heterocycles. The van der Waals surface area contributed by atoms with Crippen LogP contribution < -0.4 is 0 Å². The summed E-state index contributed by atoms with van der Waals surface area (Å²) >= 11 is 0.896. The van der Waals surface area contributed by atoms with E-state index in [-0.39, 0.29) is 12.0 Å². The molecule has 0 saturated heterocycles. The summed E-state index contributed by atoms with van der Waals surface area (Å²) in [6, 6.07) is 0. The summed E-state index contributed by atoms with van der Waals surface area (Å²) in [5, 5.41) is 2.21. The number of ketones is 1. The van der Waals surface area contributed by atoms with Crippen LogP contribution in [0.25, 0.3) is 0 Å². The average molecular weight is 208 g/mol. The highest BCUT2D eigenvalue weighted by Crippen LogP contribution is 2.34. The van der Waals surface area contributed by atoms with Crippen molar-refractivity contribution in [3.63, 3.8) is 0 Å². The molecule has 0 N–H and O–H groups in total. The lowest BCUT2D eigenvalue weighted by Crippen LogP contribution is -2.09. The van der Waals surface area contributed by atoms with E-state index in [4.69, 9.17) is 0 Å². The summed E-state index contributed by atoms with van der Waals surface area (Å²) in [5.41, 5.74) is -1.02. The Morgan fingerprint density at radius 2 is 2.08 bits per heavy atom. The quantitative estimate of drug-likeness (QED) is 0.681. The Morgan fingerprint density at radius 3 is 2.54 bits per heavy atom. The van der Waals surface area contributed by atoms with E-state index >= 15 is 0 Å². The van der Waals surface area contributed by atoms with E-state index in [1.54, 1.807) is 6.92 Å². The maximum atomic E-state index is 12.2. The first-order chi connectivity index (χ1) is 5.96. The minimum absolute atomic E-state index is 0.0970. The normalized spacial score (nSPS) is 11.7. The van der Waals surface area contributed by atoms with Gasteiger partial charge < -0.3 is 0 Å². The molecule has 0 bridgehead atoms. The molecule has 1 nitrogen and oxygen atoms in total. The van der Waals surface area contributed by atoms with Gasteiger partial charge in [-0.1, -0.05) is 6.92 Å². The molecule has 0 unspecified atom stereocenters. The lowest BCUT2D eigenvalue weighted by atomic mass is 10.1. The molecule has 1 aromatic heterocycles. The lowest BCUT2D eigenvalue weighted by molar-refractivity contribution is -0.137. The van der Waals surface area contributed by atoms with Crippen LogP contribution in [0.1, 0.15) is 29.3 Å². The fourth-order valence-electron chi connectivity index (χ4n) is 0.923. The van der Waals surface area contributed by atoms with Crippen molar-refractivity contribution in [2.24, 2.45) is 0 Å². The molecule has 0 aliphatic carbocycles. The smallest absolute Gasteiger partial charge is 0.294 e. The fraction of sp³-hybridized carbons (Fsp3) is 0.375. The highest BCUT2D eigenvalue weighted by Gasteiger charge is 2.35. The molecule has 0 atom stereocenters. The van der Waals surface area contributed by atoms with Gasteiger partial charge in [0, 0.05) is 22.7 Å². The SMILES string of the molecule is CCC(=O)c1cscc1C(F)(F)F. The largest absolute Gasteiger partial charge is 0.417 e. The lowest BCUT2D eigenvalue weighted by Gasteiger charge is -2.05. The Kier molecular flexibility index (Phi) is 2.75. The van der Waals surface area contributed by atoms with E-state index in [0.717, 1.165) is 16.7 Å². The van der Waals surface area contributed by atoms with Crippen LogP contribution in [0.3, 0.4) is 0 Å². The molecule has 5 heteroatoms. The minimum atomic E-state index is -4.42. The summed E-state index contributed by atoms with van der Waals surface area (Å²) in [7, 11) is 0. The predicted octanol–water partition coefficient (Wildman–Crippen LogP) is 3.36. The van der Waals surface area contributed by atoms with Crippen molar-refractivity contribution in [2.75, 3.05) is 0 Å². The van der Waals surface area contributed by atoms with Crippen molar-refractivity contribution in [3.05, 3.63) is 21.9 Å². The standard InChI is InChI=1S/C8H7F3OS/c1-2-7(12)5-3-13-4-6(5)8(9,10)11/h3-4H,2H2,1H3. The van der Waals surface area contributed by atoms with E-state index in [1.807, 2.05) is 0 Å². The van der Waals surface area contributed by atoms with Gasteiger partial charge in [-0.2, -0.15) is 24.5 Å². The molecule has 1 rings (SSSR count). The third-order valence-electron chi connectivity index (χ3n) is 1.59. The van der Waals surface area contributed by atoms with Gasteiger partial charge in [-0.3, -0.25) is 4.79 Å². The van der Waals surface area contributed by atoms with Crippen LogP contribution in [0.2, 0.25) is 0 Å². The molecule has 0 aliphatic heterocycles. The van der Waals surface area contributed by atoms with Crippen LogP contribution in [0.5, 0.6) is 0 Å². The molecular formula is C8H7F3OS. The Labute approximate surface area is 77.2 Å². The zero-order valence-electron chi connectivity index (χ0n) is 6.81. The van der Waals surface area contributed by atoms with Gasteiger partial charge in [-0.15, -0.1) is 0 Å². The van der Waals surface area contributed by atoms with Crippen molar-refractivity contribution in [1.82, 2.24) is 0 Å². The summed E-state index contributed by atoms with van der Waals surface area (Å²) in [4.78, 5) is 11.0. The molecule has 13 heavy (non-hydrogen) atoms. The number of hydrogen-bond acceptors (Lipinski definition) is 2. The maximum absolute atomic E-state index is 12.2. The van der Waals surface area contributed by atoms with E-state index in [2.05, 4.69) is 0 Å². The van der Waals surface area contributed by atoms with Crippen LogP contribution in [0.4, 0.5) is 13.2 Å². The van der Waals surface area contributed by atoms with E-state index in [0.29, 0.717) is 0 Å². The van der Waals surface area contributed by atoms with E-state index in [1.165, 1.54) is 5.38 Å². The number of hydrogen-bond donors (Lipinski definition) is 0. The zero-order chi connectivity index (χ0) is 10.1. The second kappa shape index (κ2) is 3.49. The van der Waals surface area contributed by atoms with Gasteiger partial charge in [-0.05, 0) is 0 Å². The van der Waals surface area contributed by atoms with Crippen LogP contribution in [0, 0.1) is 0 Å². The molecule has 0 amide bonds. The molecule has 0 aliphatic rings. The predicted molar refractivity (Wildman–Crippen MR) is 43.9 cm³/mol. The number of carbonyl (C=O) groups is 1.